The second kappa shape index (κ2) is 6.48. The number of nitrogens with zero attached hydrogens (tertiary/aromatic N) is 1. The van der Waals surface area contributed by atoms with Crippen molar-refractivity contribution in [2.45, 2.75) is 0 Å². The Morgan fingerprint density at radius 1 is 1.14 bits per heavy atom. The van der Waals surface area contributed by atoms with Crippen LogP contribution in [0.3, 0.4) is 0 Å². The van der Waals surface area contributed by atoms with Gasteiger partial charge in [0.1, 0.15) is 11.5 Å². The molecule has 0 fully saturated rings. The van der Waals surface area contributed by atoms with Crippen LogP contribution in [0, 0.1) is 11.6 Å². The molecule has 4 nitrogen and oxygen atoms in total. The minimum absolute atomic E-state index is 0.161. The van der Waals surface area contributed by atoms with Crippen molar-refractivity contribution in [1.29, 1.82) is 0 Å². The van der Waals surface area contributed by atoms with Crippen LogP contribution in [0.15, 0.2) is 33.3 Å². The standard InChI is InChI=1S/C13H9Br2F2N3O/c1-18-12-8(2-7(15)5-19-12)13(21)20-11-9(16)3-6(14)4-10(11)17/h2-5H,1H3,(H,18,19)(H,20,21). The number of aromatic nitrogens is 1. The Morgan fingerprint density at radius 2 is 1.76 bits per heavy atom. The normalized spacial score (nSPS) is 10.3. The maximum Gasteiger partial charge on any atom is 0.259 e. The topological polar surface area (TPSA) is 54.0 Å². The Bertz CT molecular complexity index is 687. The molecule has 2 rings (SSSR count). The van der Waals surface area contributed by atoms with Crippen LogP contribution in [0.25, 0.3) is 0 Å². The molecule has 1 amide bonds. The molecule has 0 saturated carbocycles. The molecule has 0 aliphatic rings. The van der Waals surface area contributed by atoms with E-state index >= 15 is 0 Å². The molecule has 2 N–H and O–H groups in total. The van der Waals surface area contributed by atoms with Crippen LogP contribution in [0.4, 0.5) is 20.3 Å². The fraction of sp³-hybridized carbons (Fsp3) is 0.0769. The molecule has 21 heavy (non-hydrogen) atoms. The van der Waals surface area contributed by atoms with Gasteiger partial charge in [0.25, 0.3) is 5.91 Å². The summed E-state index contributed by atoms with van der Waals surface area (Å²) in [6.45, 7) is 0. The van der Waals surface area contributed by atoms with Crippen molar-refractivity contribution in [3.63, 3.8) is 0 Å². The first-order chi connectivity index (χ1) is 9.92. The number of anilines is 2. The largest absolute Gasteiger partial charge is 0.372 e. The van der Waals surface area contributed by atoms with E-state index < -0.39 is 23.2 Å². The number of pyridine rings is 1. The van der Waals surface area contributed by atoms with Gasteiger partial charge in [-0.2, -0.15) is 0 Å². The molecule has 8 heteroatoms. The van der Waals surface area contributed by atoms with Crippen molar-refractivity contribution in [2.75, 3.05) is 17.7 Å². The fourth-order valence-corrected chi connectivity index (χ4v) is 2.39. The first-order valence-corrected chi connectivity index (χ1v) is 7.30. The first-order valence-electron chi connectivity index (χ1n) is 5.71. The summed E-state index contributed by atoms with van der Waals surface area (Å²) < 4.78 is 28.3. The lowest BCUT2D eigenvalue weighted by Gasteiger charge is -2.11. The molecular formula is C13H9Br2F2N3O. The van der Waals surface area contributed by atoms with Gasteiger partial charge in [-0.25, -0.2) is 13.8 Å². The number of halogens is 4. The second-order valence-electron chi connectivity index (χ2n) is 4.00. The molecule has 2 aromatic rings. The van der Waals surface area contributed by atoms with E-state index in [-0.39, 0.29) is 10.0 Å². The zero-order valence-corrected chi connectivity index (χ0v) is 13.8. The lowest BCUT2D eigenvalue weighted by Crippen LogP contribution is -2.16. The summed E-state index contributed by atoms with van der Waals surface area (Å²) in [6.07, 6.45) is 1.50. The predicted octanol–water partition coefficient (Wildman–Crippen LogP) is 4.18. The Hall–Kier alpha value is -1.54. The highest BCUT2D eigenvalue weighted by Gasteiger charge is 2.18. The summed E-state index contributed by atoms with van der Waals surface area (Å²) in [6, 6.07) is 3.64. The highest BCUT2D eigenvalue weighted by molar-refractivity contribution is 9.10. The summed E-state index contributed by atoms with van der Waals surface area (Å²) in [5.74, 6) is -2.12. The van der Waals surface area contributed by atoms with E-state index in [0.717, 1.165) is 12.1 Å². The van der Waals surface area contributed by atoms with Gasteiger partial charge < -0.3 is 10.6 Å². The molecule has 110 valence electrons. The monoisotopic (exact) mass is 419 g/mol. The van der Waals surface area contributed by atoms with Gasteiger partial charge >= 0.3 is 0 Å². The Labute approximate surface area is 136 Å². The van der Waals surface area contributed by atoms with E-state index in [2.05, 4.69) is 47.5 Å². The zero-order valence-electron chi connectivity index (χ0n) is 10.7. The van der Waals surface area contributed by atoms with Crippen molar-refractivity contribution in [3.8, 4) is 0 Å². The van der Waals surface area contributed by atoms with Crippen LogP contribution in [-0.4, -0.2) is 17.9 Å². The van der Waals surface area contributed by atoms with Crippen molar-refractivity contribution in [2.24, 2.45) is 0 Å². The smallest absolute Gasteiger partial charge is 0.259 e. The molecule has 0 aliphatic carbocycles. The molecule has 0 saturated heterocycles. The average molecular weight is 421 g/mol. The van der Waals surface area contributed by atoms with E-state index in [4.69, 9.17) is 0 Å². The number of hydrogen-bond donors (Lipinski definition) is 2. The Balaban J connectivity index is 2.37. The van der Waals surface area contributed by atoms with E-state index in [0.29, 0.717) is 10.3 Å². The van der Waals surface area contributed by atoms with Crippen LogP contribution in [0.2, 0.25) is 0 Å². The molecule has 0 spiro atoms. The fourth-order valence-electron chi connectivity index (χ4n) is 1.65. The molecule has 1 heterocycles. The number of benzene rings is 1. The molecule has 0 unspecified atom stereocenters. The van der Waals surface area contributed by atoms with E-state index in [9.17, 15) is 13.6 Å². The molecule has 0 bridgehead atoms. The van der Waals surface area contributed by atoms with Gasteiger partial charge in [0, 0.05) is 22.2 Å². The Kier molecular flexibility index (Phi) is 4.89. The summed E-state index contributed by atoms with van der Waals surface area (Å²) in [5.41, 5.74) is -0.348. The van der Waals surface area contributed by atoms with Crippen LogP contribution < -0.4 is 10.6 Å². The second-order valence-corrected chi connectivity index (χ2v) is 5.83. The maximum atomic E-state index is 13.7. The minimum Gasteiger partial charge on any atom is -0.372 e. The quantitative estimate of drug-likeness (QED) is 0.783. The third-order valence-electron chi connectivity index (χ3n) is 2.58. The number of carbonyl (C=O) groups excluding carboxylic acids is 1. The molecule has 0 radical (unpaired) electrons. The van der Waals surface area contributed by atoms with Gasteiger partial charge in [-0.05, 0) is 34.1 Å². The third-order valence-corrected chi connectivity index (χ3v) is 3.47. The van der Waals surface area contributed by atoms with Gasteiger partial charge in [0.05, 0.1) is 5.56 Å². The predicted molar refractivity (Wildman–Crippen MR) is 83.5 cm³/mol. The average Bonchev–Trinajstić information content (AvgIpc) is 2.42. The third kappa shape index (κ3) is 3.56. The van der Waals surface area contributed by atoms with E-state index in [1.165, 1.54) is 12.3 Å². The summed E-state index contributed by atoms with van der Waals surface area (Å²) in [7, 11) is 1.59. The van der Waals surface area contributed by atoms with Gasteiger partial charge in [-0.3, -0.25) is 4.79 Å². The van der Waals surface area contributed by atoms with Crippen LogP contribution in [0.5, 0.6) is 0 Å². The Morgan fingerprint density at radius 3 is 2.33 bits per heavy atom. The van der Waals surface area contributed by atoms with Gasteiger partial charge in [0.2, 0.25) is 0 Å². The molecule has 0 atom stereocenters. The highest BCUT2D eigenvalue weighted by atomic mass is 79.9. The molecular weight excluding hydrogens is 412 g/mol. The van der Waals surface area contributed by atoms with Crippen LogP contribution >= 0.6 is 31.9 Å². The first kappa shape index (κ1) is 15.8. The maximum absolute atomic E-state index is 13.7. The van der Waals surface area contributed by atoms with Crippen molar-refractivity contribution < 1.29 is 13.6 Å². The van der Waals surface area contributed by atoms with Gasteiger partial charge in [-0.15, -0.1) is 0 Å². The van der Waals surface area contributed by atoms with Crippen molar-refractivity contribution >= 4 is 49.3 Å². The summed E-state index contributed by atoms with van der Waals surface area (Å²) >= 11 is 6.16. The van der Waals surface area contributed by atoms with Gasteiger partial charge in [-0.1, -0.05) is 15.9 Å². The van der Waals surface area contributed by atoms with E-state index in [1.54, 1.807) is 7.05 Å². The molecule has 0 aliphatic heterocycles. The number of carbonyl (C=O) groups is 1. The molecule has 1 aromatic heterocycles. The lowest BCUT2D eigenvalue weighted by atomic mass is 10.2. The number of amides is 1. The highest BCUT2D eigenvalue weighted by Crippen LogP contribution is 2.25. The van der Waals surface area contributed by atoms with E-state index in [1.807, 2.05) is 0 Å². The molecule has 1 aromatic carbocycles. The number of nitrogens with one attached hydrogen (secondary N) is 2. The minimum atomic E-state index is -0.871. The van der Waals surface area contributed by atoms with Crippen LogP contribution in [0.1, 0.15) is 10.4 Å². The van der Waals surface area contributed by atoms with Gasteiger partial charge in [0.15, 0.2) is 11.6 Å². The van der Waals surface area contributed by atoms with Crippen molar-refractivity contribution in [3.05, 3.63) is 50.5 Å². The van der Waals surface area contributed by atoms with Crippen LogP contribution in [-0.2, 0) is 0 Å². The summed E-state index contributed by atoms with van der Waals surface area (Å²) in [4.78, 5) is 16.2. The van der Waals surface area contributed by atoms with Crippen molar-refractivity contribution in [1.82, 2.24) is 4.98 Å². The number of rotatable bonds is 3. The number of hydrogen-bond acceptors (Lipinski definition) is 3. The zero-order chi connectivity index (χ0) is 15.6. The SMILES string of the molecule is CNc1ncc(Br)cc1C(=O)Nc1c(F)cc(Br)cc1F. The lowest BCUT2D eigenvalue weighted by molar-refractivity contribution is 0.102. The summed E-state index contributed by atoms with van der Waals surface area (Å²) in [5, 5.41) is 4.95.